The van der Waals surface area contributed by atoms with E-state index in [1.807, 2.05) is 6.92 Å². The van der Waals surface area contributed by atoms with E-state index in [1.54, 1.807) is 0 Å². The molecule has 2 unspecified atom stereocenters. The van der Waals surface area contributed by atoms with Gasteiger partial charge in [-0.05, 0) is 38.0 Å². The number of amides is 1. The Balaban J connectivity index is 2.11. The normalized spacial score (nSPS) is 22.8. The van der Waals surface area contributed by atoms with Gasteiger partial charge >= 0.3 is 0 Å². The third-order valence-electron chi connectivity index (χ3n) is 3.03. The predicted octanol–water partition coefficient (Wildman–Crippen LogP) is 0.979. The molecule has 1 heterocycles. The zero-order valence-corrected chi connectivity index (χ0v) is 11.6. The highest BCUT2D eigenvalue weighted by atomic mass is 32.2. The van der Waals surface area contributed by atoms with Crippen molar-refractivity contribution < 1.29 is 22.3 Å². The summed E-state index contributed by atoms with van der Waals surface area (Å²) in [7, 11) is -4.11. The first kappa shape index (κ1) is 14.9. The number of nitrogens with one attached hydrogen (secondary N) is 1. The smallest absolute Gasteiger partial charge is 0.253 e. The van der Waals surface area contributed by atoms with Crippen LogP contribution >= 0.6 is 0 Å². The monoisotopic (exact) mass is 302 g/mol. The third kappa shape index (κ3) is 3.33. The van der Waals surface area contributed by atoms with E-state index in [0.717, 1.165) is 18.6 Å². The molecule has 0 spiro atoms. The number of anilines is 1. The fraction of sp³-hybridized carbons (Fsp3) is 0.417. The lowest BCUT2D eigenvalue weighted by atomic mass is 10.2. The van der Waals surface area contributed by atoms with Gasteiger partial charge in [0.2, 0.25) is 10.0 Å². The summed E-state index contributed by atoms with van der Waals surface area (Å²) >= 11 is 0. The average molecular weight is 302 g/mol. The first-order valence-electron chi connectivity index (χ1n) is 6.06. The van der Waals surface area contributed by atoms with E-state index in [1.165, 1.54) is 6.07 Å². The zero-order chi connectivity index (χ0) is 14.9. The van der Waals surface area contributed by atoms with Crippen molar-refractivity contribution in [3.05, 3.63) is 24.0 Å². The second-order valence-corrected chi connectivity index (χ2v) is 6.22. The summed E-state index contributed by atoms with van der Waals surface area (Å²) in [5.74, 6) is -1.39. The molecule has 0 aliphatic carbocycles. The van der Waals surface area contributed by atoms with Crippen LogP contribution in [0.1, 0.15) is 19.8 Å². The molecule has 0 saturated carbocycles. The lowest BCUT2D eigenvalue weighted by molar-refractivity contribution is -0.126. The molecule has 1 aliphatic heterocycles. The van der Waals surface area contributed by atoms with Crippen molar-refractivity contribution in [2.24, 2.45) is 5.14 Å². The van der Waals surface area contributed by atoms with Crippen LogP contribution < -0.4 is 10.5 Å². The molecular weight excluding hydrogens is 287 g/mol. The lowest BCUT2D eigenvalue weighted by Gasteiger charge is -2.12. The van der Waals surface area contributed by atoms with Gasteiger partial charge in [-0.15, -0.1) is 0 Å². The van der Waals surface area contributed by atoms with Crippen molar-refractivity contribution in [2.45, 2.75) is 36.9 Å². The number of sulfonamides is 1. The molecule has 2 atom stereocenters. The summed E-state index contributed by atoms with van der Waals surface area (Å²) in [4.78, 5) is 11.2. The van der Waals surface area contributed by atoms with Crippen molar-refractivity contribution in [3.63, 3.8) is 0 Å². The molecule has 6 nitrogen and oxygen atoms in total. The number of hydrogen-bond acceptors (Lipinski definition) is 4. The summed E-state index contributed by atoms with van der Waals surface area (Å²) in [5, 5.41) is 7.33. The zero-order valence-electron chi connectivity index (χ0n) is 10.8. The van der Waals surface area contributed by atoms with Crippen LogP contribution in [0.4, 0.5) is 10.1 Å². The fourth-order valence-electron chi connectivity index (χ4n) is 2.03. The summed E-state index contributed by atoms with van der Waals surface area (Å²) in [6.45, 7) is 1.87. The number of benzene rings is 1. The number of ether oxygens (including phenoxy) is 1. The summed E-state index contributed by atoms with van der Waals surface area (Å²) in [6, 6.07) is 3.20. The van der Waals surface area contributed by atoms with Crippen molar-refractivity contribution >= 4 is 21.6 Å². The standard InChI is InChI=1S/C12H15FN2O4S/c1-7-2-4-10(19-7)12(16)15-8-3-5-11(9(13)6-8)20(14,17)18/h3,5-7,10H,2,4H2,1H3,(H,15,16)(H2,14,17,18). The summed E-state index contributed by atoms with van der Waals surface area (Å²) in [5.41, 5.74) is 0.156. The molecule has 0 bridgehead atoms. The maximum atomic E-state index is 13.6. The van der Waals surface area contributed by atoms with Crippen molar-refractivity contribution in [1.29, 1.82) is 0 Å². The maximum absolute atomic E-state index is 13.6. The molecule has 1 amide bonds. The van der Waals surface area contributed by atoms with E-state index in [0.29, 0.717) is 6.42 Å². The fourth-order valence-corrected chi connectivity index (χ4v) is 2.62. The van der Waals surface area contributed by atoms with Crippen molar-refractivity contribution in [2.75, 3.05) is 5.32 Å². The topological polar surface area (TPSA) is 98.5 Å². The first-order valence-corrected chi connectivity index (χ1v) is 7.60. The summed E-state index contributed by atoms with van der Waals surface area (Å²) in [6.07, 6.45) is 0.847. The van der Waals surface area contributed by atoms with Gasteiger partial charge in [-0.25, -0.2) is 17.9 Å². The van der Waals surface area contributed by atoms with Crippen LogP contribution in [0.25, 0.3) is 0 Å². The number of rotatable bonds is 3. The Hall–Kier alpha value is -1.51. The van der Waals surface area contributed by atoms with Gasteiger partial charge < -0.3 is 10.1 Å². The quantitative estimate of drug-likeness (QED) is 0.869. The number of carbonyl (C=O) groups excluding carboxylic acids is 1. The van der Waals surface area contributed by atoms with Crippen molar-refractivity contribution in [1.82, 2.24) is 0 Å². The molecule has 8 heteroatoms. The van der Waals surface area contributed by atoms with Gasteiger partial charge in [0.05, 0.1) is 6.10 Å². The number of hydrogen-bond donors (Lipinski definition) is 2. The van der Waals surface area contributed by atoms with E-state index in [4.69, 9.17) is 9.88 Å². The highest BCUT2D eigenvalue weighted by Gasteiger charge is 2.28. The Labute approximate surface area is 116 Å². The third-order valence-corrected chi connectivity index (χ3v) is 3.97. The van der Waals surface area contributed by atoms with Crippen LogP contribution in [0.15, 0.2) is 23.1 Å². The maximum Gasteiger partial charge on any atom is 0.253 e. The van der Waals surface area contributed by atoms with E-state index in [2.05, 4.69) is 5.32 Å². The van der Waals surface area contributed by atoms with E-state index < -0.39 is 26.8 Å². The van der Waals surface area contributed by atoms with Crippen LogP contribution in [0.5, 0.6) is 0 Å². The van der Waals surface area contributed by atoms with Gasteiger partial charge in [0.1, 0.15) is 16.8 Å². The van der Waals surface area contributed by atoms with Crippen LogP contribution in [0.2, 0.25) is 0 Å². The molecule has 20 heavy (non-hydrogen) atoms. The summed E-state index contributed by atoms with van der Waals surface area (Å²) < 4.78 is 41.1. The van der Waals surface area contributed by atoms with Gasteiger partial charge in [0.25, 0.3) is 5.91 Å². The molecule has 1 fully saturated rings. The van der Waals surface area contributed by atoms with E-state index in [9.17, 15) is 17.6 Å². The molecule has 110 valence electrons. The van der Waals surface area contributed by atoms with Gasteiger partial charge in [0.15, 0.2) is 0 Å². The van der Waals surface area contributed by atoms with Gasteiger partial charge in [0, 0.05) is 5.69 Å². The first-order chi connectivity index (χ1) is 9.27. The minimum absolute atomic E-state index is 0.0206. The Morgan fingerprint density at radius 2 is 2.15 bits per heavy atom. The number of nitrogens with two attached hydrogens (primary N) is 1. The molecule has 1 aromatic carbocycles. The lowest BCUT2D eigenvalue weighted by Crippen LogP contribution is -2.27. The van der Waals surface area contributed by atoms with Crippen LogP contribution in [0.3, 0.4) is 0 Å². The minimum Gasteiger partial charge on any atom is -0.365 e. The highest BCUT2D eigenvalue weighted by Crippen LogP contribution is 2.22. The molecule has 1 aliphatic rings. The molecule has 1 aromatic rings. The minimum atomic E-state index is -4.11. The van der Waals surface area contributed by atoms with Crippen LogP contribution in [-0.2, 0) is 19.6 Å². The Morgan fingerprint density at radius 3 is 2.65 bits per heavy atom. The number of carbonyl (C=O) groups is 1. The highest BCUT2D eigenvalue weighted by molar-refractivity contribution is 7.89. The SMILES string of the molecule is CC1CCC(C(=O)Nc2ccc(S(N)(=O)=O)c(F)c2)O1. The van der Waals surface area contributed by atoms with Crippen molar-refractivity contribution in [3.8, 4) is 0 Å². The number of primary sulfonamides is 1. The molecule has 3 N–H and O–H groups in total. The van der Waals surface area contributed by atoms with E-state index >= 15 is 0 Å². The van der Waals surface area contributed by atoms with Crippen LogP contribution in [0, 0.1) is 5.82 Å². The van der Waals surface area contributed by atoms with E-state index in [-0.39, 0.29) is 17.7 Å². The second kappa shape index (κ2) is 5.47. The second-order valence-electron chi connectivity index (χ2n) is 4.69. The van der Waals surface area contributed by atoms with Gasteiger partial charge in [-0.3, -0.25) is 4.79 Å². The van der Waals surface area contributed by atoms with Gasteiger partial charge in [-0.2, -0.15) is 0 Å². The Bertz CT molecular complexity index is 632. The Kier molecular flexibility index (Phi) is 4.07. The Morgan fingerprint density at radius 1 is 1.45 bits per heavy atom. The molecule has 0 aromatic heterocycles. The number of halogens is 1. The predicted molar refractivity (Wildman–Crippen MR) is 70.0 cm³/mol. The molecule has 0 radical (unpaired) electrons. The molecular formula is C12H15FN2O4S. The largest absolute Gasteiger partial charge is 0.365 e. The van der Waals surface area contributed by atoms with Crippen LogP contribution in [-0.4, -0.2) is 26.5 Å². The van der Waals surface area contributed by atoms with Gasteiger partial charge in [-0.1, -0.05) is 0 Å². The molecule has 2 rings (SSSR count). The average Bonchev–Trinajstić information content (AvgIpc) is 2.74. The molecule has 1 saturated heterocycles.